The highest BCUT2D eigenvalue weighted by molar-refractivity contribution is 6.08. The molecule has 2 amide bonds. The molecule has 304 valence electrons. The first kappa shape index (κ1) is 43.6. The van der Waals surface area contributed by atoms with Gasteiger partial charge in [0, 0.05) is 18.3 Å². The quantitative estimate of drug-likeness (QED) is 0.0197. The third-order valence-electron chi connectivity index (χ3n) is 9.19. The van der Waals surface area contributed by atoms with Crippen LogP contribution >= 0.6 is 0 Å². The smallest absolute Gasteiger partial charge is 0.259 e. The monoisotopic (exact) mass is 779 g/mol. The fraction of sp³-hybridized carbons (Fsp3) is 0.348. The SMILES string of the molecule is CCCCC/C=C\C/C=C\CCCCCCCCNc1ccc(NC(=O)c2cccc(O)c2O)c(OCCOc2ccccc2NC(=O)c2cccc(O)c2O)c1. The van der Waals surface area contributed by atoms with Gasteiger partial charge in [0.25, 0.3) is 11.8 Å². The third kappa shape index (κ3) is 14.8. The fourth-order valence-electron chi connectivity index (χ4n) is 6.01. The van der Waals surface area contributed by atoms with Crippen molar-refractivity contribution >= 4 is 28.9 Å². The van der Waals surface area contributed by atoms with Crippen LogP contribution in [0.2, 0.25) is 0 Å². The first-order valence-electron chi connectivity index (χ1n) is 20.0. The average Bonchev–Trinajstić information content (AvgIpc) is 3.21. The molecule has 11 heteroatoms. The molecular formula is C46H57N3O8. The Morgan fingerprint density at radius 1 is 0.579 bits per heavy atom. The van der Waals surface area contributed by atoms with Gasteiger partial charge in [-0.3, -0.25) is 9.59 Å². The molecule has 0 aromatic heterocycles. The number of carbonyl (C=O) groups is 2. The molecule has 7 N–H and O–H groups in total. The van der Waals surface area contributed by atoms with Gasteiger partial charge in [0.1, 0.15) is 24.7 Å². The van der Waals surface area contributed by atoms with E-state index >= 15 is 0 Å². The minimum Gasteiger partial charge on any atom is -0.504 e. The summed E-state index contributed by atoms with van der Waals surface area (Å²) in [5.74, 6) is -2.42. The van der Waals surface area contributed by atoms with Crippen molar-refractivity contribution in [3.63, 3.8) is 0 Å². The fourth-order valence-corrected chi connectivity index (χ4v) is 6.01. The molecule has 0 saturated heterocycles. The number of carbonyl (C=O) groups excluding carboxylic acids is 2. The van der Waals surface area contributed by atoms with E-state index in [-0.39, 0.29) is 24.3 Å². The van der Waals surface area contributed by atoms with Crippen LogP contribution in [0.4, 0.5) is 17.1 Å². The molecule has 0 aliphatic carbocycles. The van der Waals surface area contributed by atoms with Crippen LogP contribution in [0.25, 0.3) is 0 Å². The summed E-state index contributed by atoms with van der Waals surface area (Å²) in [5, 5.41) is 49.0. The highest BCUT2D eigenvalue weighted by Crippen LogP contribution is 2.33. The number of para-hydroxylation sites is 4. The molecule has 4 aromatic carbocycles. The summed E-state index contributed by atoms with van der Waals surface area (Å²) in [5.41, 5.74) is 1.30. The summed E-state index contributed by atoms with van der Waals surface area (Å²) in [6.45, 7) is 3.12. The van der Waals surface area contributed by atoms with Crippen LogP contribution in [0.15, 0.2) is 103 Å². The van der Waals surface area contributed by atoms with Crippen LogP contribution in [0.5, 0.6) is 34.5 Å². The van der Waals surface area contributed by atoms with E-state index in [2.05, 4.69) is 47.2 Å². The number of anilines is 3. The van der Waals surface area contributed by atoms with Gasteiger partial charge >= 0.3 is 0 Å². The number of unbranched alkanes of at least 4 members (excludes halogenated alkanes) is 9. The normalized spacial score (nSPS) is 11.2. The molecule has 0 unspecified atom stereocenters. The number of hydrogen-bond donors (Lipinski definition) is 7. The highest BCUT2D eigenvalue weighted by atomic mass is 16.5. The molecule has 0 aliphatic heterocycles. The molecule has 0 spiro atoms. The van der Waals surface area contributed by atoms with Crippen LogP contribution in [-0.4, -0.2) is 52.0 Å². The predicted molar refractivity (Wildman–Crippen MR) is 227 cm³/mol. The Labute approximate surface area is 336 Å². The Kier molecular flexibility index (Phi) is 18.7. The second-order valence-corrected chi connectivity index (χ2v) is 13.7. The molecule has 4 aromatic rings. The molecule has 57 heavy (non-hydrogen) atoms. The lowest BCUT2D eigenvalue weighted by Gasteiger charge is -2.17. The van der Waals surface area contributed by atoms with Gasteiger partial charge in [0.15, 0.2) is 23.0 Å². The summed E-state index contributed by atoms with van der Waals surface area (Å²) in [6.07, 6.45) is 23.3. The van der Waals surface area contributed by atoms with E-state index in [1.807, 2.05) is 6.07 Å². The number of phenols is 4. The second-order valence-electron chi connectivity index (χ2n) is 13.7. The van der Waals surface area contributed by atoms with E-state index in [0.29, 0.717) is 22.9 Å². The Balaban J connectivity index is 1.26. The highest BCUT2D eigenvalue weighted by Gasteiger charge is 2.18. The molecule has 0 heterocycles. The lowest BCUT2D eigenvalue weighted by molar-refractivity contribution is 0.101. The Hall–Kier alpha value is -6.10. The van der Waals surface area contributed by atoms with Crippen molar-refractivity contribution < 1.29 is 39.5 Å². The number of benzene rings is 4. The molecule has 0 saturated carbocycles. The van der Waals surface area contributed by atoms with Gasteiger partial charge in [0.2, 0.25) is 0 Å². The minimum absolute atomic E-state index is 0.0608. The average molecular weight is 780 g/mol. The minimum atomic E-state index is -0.631. The molecule has 0 fully saturated rings. The largest absolute Gasteiger partial charge is 0.504 e. The maximum absolute atomic E-state index is 13.1. The van der Waals surface area contributed by atoms with Gasteiger partial charge in [-0.05, 0) is 87.1 Å². The topological polar surface area (TPSA) is 170 Å². The summed E-state index contributed by atoms with van der Waals surface area (Å²) >= 11 is 0. The van der Waals surface area contributed by atoms with E-state index in [1.165, 1.54) is 87.8 Å². The molecule has 0 bridgehead atoms. The van der Waals surface area contributed by atoms with Gasteiger partial charge in [-0.15, -0.1) is 0 Å². The summed E-state index contributed by atoms with van der Waals surface area (Å²) in [4.78, 5) is 26.0. The Bertz CT molecular complexity index is 1930. The number of hydrogen-bond acceptors (Lipinski definition) is 9. The zero-order valence-electron chi connectivity index (χ0n) is 32.8. The zero-order valence-corrected chi connectivity index (χ0v) is 32.8. The predicted octanol–water partition coefficient (Wildman–Crippen LogP) is 10.7. The number of aromatic hydroxyl groups is 4. The van der Waals surface area contributed by atoms with Crippen molar-refractivity contribution in [2.75, 3.05) is 35.7 Å². The summed E-state index contributed by atoms with van der Waals surface area (Å²) < 4.78 is 12.0. The van der Waals surface area contributed by atoms with Crippen LogP contribution in [0.1, 0.15) is 105 Å². The molecular weight excluding hydrogens is 723 g/mol. The number of allylic oxidation sites excluding steroid dienone is 4. The van der Waals surface area contributed by atoms with Crippen molar-refractivity contribution in [2.45, 2.75) is 84.0 Å². The van der Waals surface area contributed by atoms with E-state index in [9.17, 15) is 30.0 Å². The van der Waals surface area contributed by atoms with Crippen molar-refractivity contribution in [3.8, 4) is 34.5 Å². The van der Waals surface area contributed by atoms with Gasteiger partial charge in [-0.25, -0.2) is 0 Å². The lowest BCUT2D eigenvalue weighted by Crippen LogP contribution is -2.16. The van der Waals surface area contributed by atoms with Gasteiger partial charge in [-0.2, -0.15) is 0 Å². The third-order valence-corrected chi connectivity index (χ3v) is 9.19. The summed E-state index contributed by atoms with van der Waals surface area (Å²) in [6, 6.07) is 20.4. The molecule has 11 nitrogen and oxygen atoms in total. The van der Waals surface area contributed by atoms with Gasteiger partial charge in [-0.1, -0.05) is 94.0 Å². The van der Waals surface area contributed by atoms with Crippen LogP contribution in [0.3, 0.4) is 0 Å². The van der Waals surface area contributed by atoms with Crippen molar-refractivity contribution in [2.24, 2.45) is 0 Å². The van der Waals surface area contributed by atoms with Crippen molar-refractivity contribution in [3.05, 3.63) is 114 Å². The Morgan fingerprint density at radius 2 is 1.12 bits per heavy atom. The lowest BCUT2D eigenvalue weighted by atomic mass is 10.1. The van der Waals surface area contributed by atoms with Crippen LogP contribution in [-0.2, 0) is 0 Å². The van der Waals surface area contributed by atoms with Crippen LogP contribution in [0, 0.1) is 0 Å². The molecule has 4 rings (SSSR count). The van der Waals surface area contributed by atoms with Crippen molar-refractivity contribution in [1.82, 2.24) is 0 Å². The van der Waals surface area contributed by atoms with E-state index in [4.69, 9.17) is 9.47 Å². The number of phenolic OH excluding ortho intramolecular Hbond substituents is 4. The van der Waals surface area contributed by atoms with E-state index in [1.54, 1.807) is 36.4 Å². The molecule has 0 aliphatic rings. The second kappa shape index (κ2) is 24.4. The van der Waals surface area contributed by atoms with Crippen LogP contribution < -0.4 is 25.4 Å². The standard InChI is InChI=1S/C46H57N3O8/c1-2-3-4-5-6-7-8-9-10-11-12-13-14-15-16-19-30-47-34-28-29-38(49-46(55)36-23-21-26-40(51)44(36)53)42(33-34)57-32-31-56-41-27-18-17-24-37(41)48-45(54)35-22-20-25-39(50)43(35)52/h6-7,9-10,17-18,20-29,33,47,50-53H,2-5,8,11-16,19,30-32H2,1H3,(H,48,54)(H,49,55)/b7-6-,10-9-. The number of amides is 2. The number of rotatable bonds is 25. The maximum Gasteiger partial charge on any atom is 0.259 e. The van der Waals surface area contributed by atoms with Gasteiger partial charge < -0.3 is 45.9 Å². The molecule has 0 atom stereocenters. The van der Waals surface area contributed by atoms with Crippen molar-refractivity contribution in [1.29, 1.82) is 0 Å². The van der Waals surface area contributed by atoms with Gasteiger partial charge in [0.05, 0.1) is 22.5 Å². The first-order valence-corrected chi connectivity index (χ1v) is 20.0. The van der Waals surface area contributed by atoms with E-state index in [0.717, 1.165) is 37.9 Å². The van der Waals surface area contributed by atoms with E-state index < -0.39 is 34.8 Å². The summed E-state index contributed by atoms with van der Waals surface area (Å²) in [7, 11) is 0. The first-order chi connectivity index (χ1) is 27.8. The molecule has 0 radical (unpaired) electrons. The number of ether oxygens (including phenoxy) is 2. The number of nitrogens with one attached hydrogen (secondary N) is 3. The Morgan fingerprint density at radius 3 is 1.75 bits per heavy atom. The maximum atomic E-state index is 13.1. The zero-order chi connectivity index (χ0) is 40.7.